The summed E-state index contributed by atoms with van der Waals surface area (Å²) < 4.78 is 6.46. The number of thiazole rings is 1. The largest absolute Gasteiger partial charge is 0.496 e. The monoisotopic (exact) mass is 550 g/mol. The average Bonchev–Trinajstić information content (AvgIpc) is 3.63. The quantitative estimate of drug-likeness (QED) is 0.460. The van der Waals surface area contributed by atoms with Gasteiger partial charge in [-0.1, -0.05) is 53.4 Å². The standard InChI is InChI=1S/C28H30N4O4S2/c1-17-13-23(36-3)22(27(35)32-11-9-31(10-12-32)18(2)33)15-24(17)37-25-16-29-28(38-25)30-26(34)21-14-20(21)19-7-5-4-6-8-19/h4-8,13,15-16,20-21H,9-12,14H2,1-3H3,(H,29,30,34)/t20-,21?/m0/s1. The molecule has 1 saturated heterocycles. The number of aryl methyl sites for hydroxylation is 1. The molecule has 0 spiro atoms. The SMILES string of the molecule is COc1cc(C)c(Sc2cnc(NC(=O)C3C[C@H]3c3ccccc3)s2)cc1C(=O)N1CCN(C(C)=O)CC1. The number of piperazine rings is 1. The number of nitrogens with one attached hydrogen (secondary N) is 1. The first-order chi connectivity index (χ1) is 18.3. The lowest BCUT2D eigenvalue weighted by Gasteiger charge is -2.34. The first-order valence-corrected chi connectivity index (χ1v) is 14.2. The predicted octanol–water partition coefficient (Wildman–Crippen LogP) is 4.66. The fourth-order valence-corrected chi connectivity index (χ4v) is 6.67. The molecule has 1 unspecified atom stereocenters. The van der Waals surface area contributed by atoms with Gasteiger partial charge in [-0.25, -0.2) is 4.98 Å². The number of amides is 3. The van der Waals surface area contributed by atoms with Crippen LogP contribution in [0.1, 0.15) is 40.7 Å². The lowest BCUT2D eigenvalue weighted by Crippen LogP contribution is -2.50. The van der Waals surface area contributed by atoms with Crippen molar-refractivity contribution in [1.82, 2.24) is 14.8 Å². The van der Waals surface area contributed by atoms with Gasteiger partial charge in [-0.2, -0.15) is 0 Å². The van der Waals surface area contributed by atoms with Crippen LogP contribution >= 0.6 is 23.1 Å². The van der Waals surface area contributed by atoms with Crippen LogP contribution in [0.15, 0.2) is 57.8 Å². The van der Waals surface area contributed by atoms with Crippen LogP contribution in [0.5, 0.6) is 5.75 Å². The summed E-state index contributed by atoms with van der Waals surface area (Å²) in [6.07, 6.45) is 2.60. The Hall–Kier alpha value is -3.37. The van der Waals surface area contributed by atoms with E-state index in [9.17, 15) is 14.4 Å². The van der Waals surface area contributed by atoms with Gasteiger partial charge in [0.25, 0.3) is 5.91 Å². The maximum Gasteiger partial charge on any atom is 0.257 e. The molecule has 8 nitrogen and oxygen atoms in total. The summed E-state index contributed by atoms with van der Waals surface area (Å²) in [6, 6.07) is 13.9. The minimum Gasteiger partial charge on any atom is -0.496 e. The van der Waals surface area contributed by atoms with E-state index >= 15 is 0 Å². The number of rotatable bonds is 7. The van der Waals surface area contributed by atoms with Gasteiger partial charge in [-0.3, -0.25) is 14.4 Å². The van der Waals surface area contributed by atoms with Crippen molar-refractivity contribution >= 4 is 46.0 Å². The summed E-state index contributed by atoms with van der Waals surface area (Å²) in [4.78, 5) is 46.6. The molecule has 3 aromatic rings. The zero-order valence-corrected chi connectivity index (χ0v) is 23.2. The molecule has 0 bridgehead atoms. The highest BCUT2D eigenvalue weighted by atomic mass is 32.2. The first kappa shape index (κ1) is 26.2. The van der Waals surface area contributed by atoms with Crippen LogP contribution in [0.2, 0.25) is 0 Å². The van der Waals surface area contributed by atoms with Gasteiger partial charge in [0.15, 0.2) is 5.13 Å². The fraction of sp³-hybridized carbons (Fsp3) is 0.357. The van der Waals surface area contributed by atoms with E-state index in [0.29, 0.717) is 42.6 Å². The molecule has 2 atom stereocenters. The third-order valence-electron chi connectivity index (χ3n) is 7.02. The summed E-state index contributed by atoms with van der Waals surface area (Å²) in [5, 5.41) is 3.54. The molecule has 2 fully saturated rings. The summed E-state index contributed by atoms with van der Waals surface area (Å²) in [5.74, 6) is 0.697. The second-order valence-electron chi connectivity index (χ2n) is 9.55. The summed E-state index contributed by atoms with van der Waals surface area (Å²) >= 11 is 2.93. The van der Waals surface area contributed by atoms with Crippen molar-refractivity contribution in [2.24, 2.45) is 5.92 Å². The van der Waals surface area contributed by atoms with Crippen molar-refractivity contribution < 1.29 is 19.1 Å². The minimum atomic E-state index is -0.110. The fourth-order valence-electron chi connectivity index (χ4n) is 4.73. The van der Waals surface area contributed by atoms with Crippen molar-refractivity contribution in [2.45, 2.75) is 35.3 Å². The number of ether oxygens (including phenoxy) is 1. The van der Waals surface area contributed by atoms with Gasteiger partial charge in [0.05, 0.1) is 23.1 Å². The molecule has 38 heavy (non-hydrogen) atoms. The molecule has 2 heterocycles. The number of nitrogens with zero attached hydrogens (tertiary/aromatic N) is 3. The molecule has 1 aliphatic carbocycles. The highest BCUT2D eigenvalue weighted by Gasteiger charge is 2.44. The van der Waals surface area contributed by atoms with Crippen LogP contribution in [-0.2, 0) is 9.59 Å². The van der Waals surface area contributed by atoms with E-state index in [4.69, 9.17) is 4.74 Å². The Labute approximate surface area is 230 Å². The van der Waals surface area contributed by atoms with Crippen LogP contribution in [0.3, 0.4) is 0 Å². The second kappa shape index (κ2) is 11.2. The molecule has 0 radical (unpaired) electrons. The van der Waals surface area contributed by atoms with Gasteiger partial charge in [0.1, 0.15) is 5.75 Å². The van der Waals surface area contributed by atoms with Gasteiger partial charge in [-0.15, -0.1) is 0 Å². The number of carbonyl (C=O) groups is 3. The third-order valence-corrected chi connectivity index (χ3v) is 9.19. The van der Waals surface area contributed by atoms with Crippen molar-refractivity contribution in [3.05, 3.63) is 65.4 Å². The Morgan fingerprint density at radius 1 is 1.08 bits per heavy atom. The maximum atomic E-state index is 13.4. The Bertz CT molecular complexity index is 1350. The van der Waals surface area contributed by atoms with Crippen LogP contribution in [0.25, 0.3) is 0 Å². The van der Waals surface area contributed by atoms with Crippen molar-refractivity contribution in [3.63, 3.8) is 0 Å². The second-order valence-corrected chi connectivity index (χ2v) is 11.9. The molecule has 1 aromatic heterocycles. The number of hydrogen-bond acceptors (Lipinski definition) is 7. The molecule has 2 aromatic carbocycles. The van der Waals surface area contributed by atoms with E-state index in [1.165, 1.54) is 28.7 Å². The molecule has 1 aliphatic heterocycles. The van der Waals surface area contributed by atoms with E-state index in [-0.39, 0.29) is 29.6 Å². The maximum absolute atomic E-state index is 13.4. The lowest BCUT2D eigenvalue weighted by molar-refractivity contribution is -0.130. The normalized spacial score (nSPS) is 18.7. The Morgan fingerprint density at radius 2 is 1.79 bits per heavy atom. The van der Waals surface area contributed by atoms with E-state index < -0.39 is 0 Å². The van der Waals surface area contributed by atoms with Gasteiger partial charge in [0.2, 0.25) is 11.8 Å². The van der Waals surface area contributed by atoms with Gasteiger partial charge < -0.3 is 19.9 Å². The first-order valence-electron chi connectivity index (χ1n) is 12.6. The number of hydrogen-bond donors (Lipinski definition) is 1. The number of aromatic nitrogens is 1. The molecule has 5 rings (SSSR count). The molecule has 2 aliphatic rings. The highest BCUT2D eigenvalue weighted by molar-refractivity contribution is 8.01. The number of carbonyl (C=O) groups excluding carboxylic acids is 3. The third kappa shape index (κ3) is 5.71. The zero-order valence-electron chi connectivity index (χ0n) is 21.6. The molecular weight excluding hydrogens is 520 g/mol. The van der Waals surface area contributed by atoms with Crippen LogP contribution in [-0.4, -0.2) is 65.8 Å². The van der Waals surface area contributed by atoms with Gasteiger partial charge in [0, 0.05) is 43.9 Å². The molecule has 198 valence electrons. The summed E-state index contributed by atoms with van der Waals surface area (Å²) in [5.41, 5.74) is 2.67. The van der Waals surface area contributed by atoms with Crippen LogP contribution < -0.4 is 10.1 Å². The van der Waals surface area contributed by atoms with E-state index in [1.807, 2.05) is 37.3 Å². The zero-order chi connectivity index (χ0) is 26.8. The van der Waals surface area contributed by atoms with E-state index in [2.05, 4.69) is 22.4 Å². The Balaban J connectivity index is 1.25. The van der Waals surface area contributed by atoms with Crippen molar-refractivity contribution in [3.8, 4) is 5.75 Å². The van der Waals surface area contributed by atoms with Crippen molar-refractivity contribution in [1.29, 1.82) is 0 Å². The predicted molar refractivity (Wildman–Crippen MR) is 148 cm³/mol. The average molecular weight is 551 g/mol. The number of methoxy groups -OCH3 is 1. The van der Waals surface area contributed by atoms with Gasteiger partial charge >= 0.3 is 0 Å². The minimum absolute atomic E-state index is 0.00290. The smallest absolute Gasteiger partial charge is 0.257 e. The van der Waals surface area contributed by atoms with Crippen LogP contribution in [0.4, 0.5) is 5.13 Å². The Kier molecular flexibility index (Phi) is 7.71. The van der Waals surface area contributed by atoms with Gasteiger partial charge in [-0.05, 0) is 42.5 Å². The number of benzene rings is 2. The molecule has 1 saturated carbocycles. The molecule has 10 heteroatoms. The van der Waals surface area contributed by atoms with E-state index in [0.717, 1.165) is 21.1 Å². The molecule has 3 amide bonds. The van der Waals surface area contributed by atoms with Crippen molar-refractivity contribution in [2.75, 3.05) is 38.6 Å². The van der Waals surface area contributed by atoms with E-state index in [1.54, 1.807) is 30.0 Å². The topological polar surface area (TPSA) is 91.8 Å². The highest BCUT2D eigenvalue weighted by Crippen LogP contribution is 2.48. The number of anilines is 1. The summed E-state index contributed by atoms with van der Waals surface area (Å²) in [6.45, 7) is 5.56. The lowest BCUT2D eigenvalue weighted by atomic mass is 10.1. The summed E-state index contributed by atoms with van der Waals surface area (Å²) in [7, 11) is 1.56. The molecule has 1 N–H and O–H groups in total. The van der Waals surface area contributed by atoms with Crippen LogP contribution in [0, 0.1) is 12.8 Å². The Morgan fingerprint density at radius 3 is 2.47 bits per heavy atom. The molecular formula is C28H30N4O4S2.